The summed E-state index contributed by atoms with van der Waals surface area (Å²) in [6.45, 7) is 2.97. The number of methoxy groups -OCH3 is 2. The molecule has 2 bridgehead atoms. The first-order valence-electron chi connectivity index (χ1n) is 14.7. The van der Waals surface area contributed by atoms with E-state index < -0.39 is 11.4 Å². The summed E-state index contributed by atoms with van der Waals surface area (Å²) in [6.07, 6.45) is 6.72. The standard InChI is InChI=1S/C31H41N3O7/c1-30(29(37)38)8-6-21(7-9-30)41-23-14-22(24(40-3)13-20(23)15-32)27(35)34-26-19-5-4-18(12-19)25(26)28(36)33-16-31(10-11-31)17-39-2/h13-14,18-19,21,25-26H,4-12,16-17H2,1-3H3,(H,33,36)(H,34,35)(H,37,38)/t18-,19+,21-,25+,26-,30+/m1/s1. The number of nitrogens with zero attached hydrogens (tertiary/aromatic N) is 1. The van der Waals surface area contributed by atoms with Crippen molar-refractivity contribution in [2.45, 2.75) is 76.9 Å². The number of carbonyl (C=O) groups is 3. The minimum atomic E-state index is -0.813. The molecule has 0 aliphatic heterocycles. The van der Waals surface area contributed by atoms with Crippen molar-refractivity contribution in [1.29, 1.82) is 5.26 Å². The summed E-state index contributed by atoms with van der Waals surface area (Å²) in [5.41, 5.74) is -0.258. The number of ether oxygens (including phenoxy) is 3. The molecule has 1 aromatic carbocycles. The van der Waals surface area contributed by atoms with Gasteiger partial charge in [0.1, 0.15) is 17.6 Å². The van der Waals surface area contributed by atoms with Crippen molar-refractivity contribution in [3.05, 3.63) is 23.3 Å². The van der Waals surface area contributed by atoms with Crippen molar-refractivity contribution in [2.75, 3.05) is 27.4 Å². The van der Waals surface area contributed by atoms with Crippen LogP contribution in [0.5, 0.6) is 11.5 Å². The number of nitrogens with one attached hydrogen (secondary N) is 2. The van der Waals surface area contributed by atoms with E-state index in [1.807, 2.05) is 0 Å². The molecule has 10 heteroatoms. The normalized spacial score (nSPS) is 31.1. The number of fused-ring (bicyclic) bond motifs is 2. The van der Waals surface area contributed by atoms with Gasteiger partial charge in [0.2, 0.25) is 5.91 Å². The van der Waals surface area contributed by atoms with E-state index in [1.165, 1.54) is 13.2 Å². The Morgan fingerprint density at radius 1 is 1.05 bits per heavy atom. The number of hydrogen-bond acceptors (Lipinski definition) is 7. The van der Waals surface area contributed by atoms with Crippen LogP contribution in [0.25, 0.3) is 0 Å². The molecule has 222 valence electrons. The lowest BCUT2D eigenvalue weighted by Crippen LogP contribution is -2.50. The van der Waals surface area contributed by atoms with Crippen LogP contribution in [-0.4, -0.2) is 62.4 Å². The van der Waals surface area contributed by atoms with Crippen molar-refractivity contribution in [2.24, 2.45) is 28.6 Å². The largest absolute Gasteiger partial charge is 0.496 e. The van der Waals surface area contributed by atoms with Crippen LogP contribution < -0.4 is 20.1 Å². The lowest BCUT2D eigenvalue weighted by atomic mass is 9.75. The fourth-order valence-electron chi connectivity index (χ4n) is 7.18. The molecule has 0 aromatic heterocycles. The van der Waals surface area contributed by atoms with Gasteiger partial charge in [-0.15, -0.1) is 0 Å². The van der Waals surface area contributed by atoms with Crippen LogP contribution in [0.15, 0.2) is 12.1 Å². The van der Waals surface area contributed by atoms with Gasteiger partial charge in [-0.25, -0.2) is 0 Å². The van der Waals surface area contributed by atoms with Gasteiger partial charge in [0, 0.05) is 31.2 Å². The molecule has 41 heavy (non-hydrogen) atoms. The Labute approximate surface area is 241 Å². The highest BCUT2D eigenvalue weighted by molar-refractivity contribution is 5.98. The van der Waals surface area contributed by atoms with Crippen molar-refractivity contribution in [3.8, 4) is 17.6 Å². The number of carbonyl (C=O) groups excluding carboxylic acids is 2. The zero-order valence-corrected chi connectivity index (χ0v) is 24.2. The number of benzene rings is 1. The zero-order chi connectivity index (χ0) is 29.4. The van der Waals surface area contributed by atoms with Crippen molar-refractivity contribution >= 4 is 17.8 Å². The van der Waals surface area contributed by atoms with Gasteiger partial charge in [-0.3, -0.25) is 14.4 Å². The van der Waals surface area contributed by atoms with Gasteiger partial charge < -0.3 is 30.0 Å². The molecule has 0 heterocycles. The van der Waals surface area contributed by atoms with Gasteiger partial charge in [0.25, 0.3) is 5.91 Å². The van der Waals surface area contributed by atoms with E-state index in [4.69, 9.17) is 14.2 Å². The van der Waals surface area contributed by atoms with Crippen molar-refractivity contribution < 1.29 is 33.7 Å². The van der Waals surface area contributed by atoms with Gasteiger partial charge in [-0.05, 0) is 82.6 Å². The first-order chi connectivity index (χ1) is 19.6. The highest BCUT2D eigenvalue weighted by Gasteiger charge is 2.52. The van der Waals surface area contributed by atoms with E-state index in [-0.39, 0.29) is 69.8 Å². The molecular weight excluding hydrogens is 526 g/mol. The minimum absolute atomic E-state index is 0.00801. The van der Waals surface area contributed by atoms with E-state index in [0.717, 1.165) is 32.1 Å². The molecule has 0 radical (unpaired) electrons. The topological polar surface area (TPSA) is 147 Å². The second-order valence-corrected chi connectivity index (χ2v) is 12.9. The van der Waals surface area contributed by atoms with Gasteiger partial charge in [-0.1, -0.05) is 0 Å². The molecule has 1 aromatic rings. The Balaban J connectivity index is 1.30. The summed E-state index contributed by atoms with van der Waals surface area (Å²) in [6, 6.07) is 4.89. The quantitative estimate of drug-likeness (QED) is 0.367. The third-order valence-electron chi connectivity index (χ3n) is 10.1. The molecule has 5 rings (SSSR count). The Hall–Kier alpha value is -3.32. The molecule has 4 saturated carbocycles. The van der Waals surface area contributed by atoms with Gasteiger partial charge >= 0.3 is 5.97 Å². The van der Waals surface area contributed by atoms with E-state index >= 15 is 0 Å². The Bertz CT molecular complexity index is 1230. The Morgan fingerprint density at radius 3 is 2.37 bits per heavy atom. The van der Waals surface area contributed by atoms with Crippen LogP contribution in [-0.2, 0) is 14.3 Å². The van der Waals surface area contributed by atoms with E-state index in [1.54, 1.807) is 20.1 Å². The van der Waals surface area contributed by atoms with Crippen LogP contribution >= 0.6 is 0 Å². The average molecular weight is 568 g/mol. The maximum Gasteiger partial charge on any atom is 0.309 e. The predicted molar refractivity (Wildman–Crippen MR) is 148 cm³/mol. The first-order valence-corrected chi connectivity index (χ1v) is 14.7. The highest BCUT2D eigenvalue weighted by Crippen LogP contribution is 2.50. The summed E-state index contributed by atoms with van der Waals surface area (Å²) in [5.74, 6) is -0.469. The zero-order valence-electron chi connectivity index (χ0n) is 24.2. The molecule has 4 aliphatic rings. The van der Waals surface area contributed by atoms with Crippen LogP contribution in [0, 0.1) is 39.9 Å². The summed E-state index contributed by atoms with van der Waals surface area (Å²) < 4.78 is 17.0. The Morgan fingerprint density at radius 2 is 1.76 bits per heavy atom. The number of carboxylic acids is 1. The number of aliphatic carboxylic acids is 1. The van der Waals surface area contributed by atoms with Gasteiger partial charge in [-0.2, -0.15) is 5.26 Å². The van der Waals surface area contributed by atoms with Gasteiger partial charge in [0.05, 0.1) is 42.3 Å². The molecule has 10 nitrogen and oxygen atoms in total. The second kappa shape index (κ2) is 11.5. The second-order valence-electron chi connectivity index (χ2n) is 12.9. The fraction of sp³-hybridized carbons (Fsp3) is 0.677. The molecule has 0 spiro atoms. The van der Waals surface area contributed by atoms with Crippen LogP contribution in [0.3, 0.4) is 0 Å². The van der Waals surface area contributed by atoms with E-state index in [0.29, 0.717) is 38.8 Å². The summed E-state index contributed by atoms with van der Waals surface area (Å²) in [7, 11) is 3.13. The molecular formula is C31H41N3O7. The smallest absolute Gasteiger partial charge is 0.309 e. The van der Waals surface area contributed by atoms with E-state index in [2.05, 4.69) is 16.7 Å². The molecule has 4 aliphatic carbocycles. The summed E-state index contributed by atoms with van der Waals surface area (Å²) in [4.78, 5) is 38.7. The maximum absolute atomic E-state index is 13.7. The molecule has 2 amide bonds. The van der Waals surface area contributed by atoms with Crippen LogP contribution in [0.4, 0.5) is 0 Å². The molecule has 4 atom stereocenters. The number of carboxylic acid groups (broad SMARTS) is 1. The predicted octanol–water partition coefficient (Wildman–Crippen LogP) is 3.67. The SMILES string of the molecule is COCC1(CNC(=O)[C@H]2[C@@H]3CC[C@@H](C3)[C@H]2NC(=O)c2cc(O[C@H]3CC[C@@](C)(C(=O)O)CC3)c(C#N)cc2OC)CC1. The molecule has 0 saturated heterocycles. The molecule has 4 fully saturated rings. The average Bonchev–Trinajstić information content (AvgIpc) is 3.42. The Kier molecular flexibility index (Phi) is 8.20. The van der Waals surface area contributed by atoms with E-state index in [9.17, 15) is 24.8 Å². The monoisotopic (exact) mass is 567 g/mol. The maximum atomic E-state index is 13.7. The lowest BCUT2D eigenvalue weighted by molar-refractivity contribution is -0.150. The summed E-state index contributed by atoms with van der Waals surface area (Å²) >= 11 is 0. The first kappa shape index (κ1) is 29.2. The number of nitriles is 1. The number of rotatable bonds is 11. The number of hydrogen-bond donors (Lipinski definition) is 3. The third kappa shape index (κ3) is 5.87. The molecule has 3 N–H and O–H groups in total. The van der Waals surface area contributed by atoms with Gasteiger partial charge in [0.15, 0.2) is 0 Å². The number of amides is 2. The lowest BCUT2D eigenvalue weighted by Gasteiger charge is -2.34. The highest BCUT2D eigenvalue weighted by atomic mass is 16.5. The summed E-state index contributed by atoms with van der Waals surface area (Å²) in [5, 5.41) is 25.6. The fourth-order valence-corrected chi connectivity index (χ4v) is 7.18. The van der Waals surface area contributed by atoms with Crippen LogP contribution in [0.2, 0.25) is 0 Å². The minimum Gasteiger partial charge on any atom is -0.496 e. The van der Waals surface area contributed by atoms with Crippen molar-refractivity contribution in [3.63, 3.8) is 0 Å². The third-order valence-corrected chi connectivity index (χ3v) is 10.1. The van der Waals surface area contributed by atoms with Crippen molar-refractivity contribution in [1.82, 2.24) is 10.6 Å². The van der Waals surface area contributed by atoms with Crippen LogP contribution in [0.1, 0.15) is 80.6 Å². The molecule has 0 unspecified atom stereocenters.